The Bertz CT molecular complexity index is 923. The number of fused-ring (bicyclic) bond motifs is 1. The molecule has 4 nitrogen and oxygen atoms in total. The van der Waals surface area contributed by atoms with Crippen LogP contribution in [-0.4, -0.2) is 12.6 Å². The Labute approximate surface area is 133 Å². The summed E-state index contributed by atoms with van der Waals surface area (Å²) in [6.45, 7) is 3.51. The van der Waals surface area contributed by atoms with Gasteiger partial charge in [0, 0.05) is 0 Å². The molecule has 0 amide bonds. The highest BCUT2D eigenvalue weighted by atomic mass is 16.5. The van der Waals surface area contributed by atoms with Crippen molar-refractivity contribution in [1.82, 2.24) is 0 Å². The number of aryl methyl sites for hydroxylation is 1. The maximum atomic E-state index is 12.6. The fraction of sp³-hybridized carbons (Fsp3) is 0.158. The van der Waals surface area contributed by atoms with Gasteiger partial charge in [-0.2, -0.15) is 0 Å². The van der Waals surface area contributed by atoms with Gasteiger partial charge in [-0.15, -0.1) is 0 Å². The van der Waals surface area contributed by atoms with Crippen LogP contribution >= 0.6 is 0 Å². The highest BCUT2D eigenvalue weighted by Crippen LogP contribution is 2.24. The number of esters is 1. The Balaban J connectivity index is 2.18. The molecule has 0 bridgehead atoms. The molecule has 0 aliphatic carbocycles. The standard InChI is InChI=1S/C19H16O4/c1-3-22-19(21)17-12(2)23-16-11-14(9-10-15(16)18(17)20)13-7-5-4-6-8-13/h4-11H,3H2,1-2H3. The van der Waals surface area contributed by atoms with E-state index in [1.807, 2.05) is 42.5 Å². The molecular formula is C19H16O4. The Morgan fingerprint density at radius 1 is 1.09 bits per heavy atom. The van der Waals surface area contributed by atoms with Crippen LogP contribution in [0.5, 0.6) is 0 Å². The number of ether oxygens (including phenoxy) is 1. The lowest BCUT2D eigenvalue weighted by atomic mass is 10.0. The molecule has 0 saturated heterocycles. The molecule has 0 atom stereocenters. The third-order valence-corrected chi connectivity index (χ3v) is 3.66. The first-order valence-corrected chi connectivity index (χ1v) is 7.42. The zero-order valence-corrected chi connectivity index (χ0v) is 13.0. The second kappa shape index (κ2) is 6.08. The zero-order valence-electron chi connectivity index (χ0n) is 13.0. The van der Waals surface area contributed by atoms with Crippen LogP contribution in [-0.2, 0) is 4.74 Å². The van der Waals surface area contributed by atoms with E-state index in [4.69, 9.17) is 9.15 Å². The van der Waals surface area contributed by atoms with Crippen LogP contribution in [0.15, 0.2) is 57.7 Å². The van der Waals surface area contributed by atoms with Crippen molar-refractivity contribution in [1.29, 1.82) is 0 Å². The van der Waals surface area contributed by atoms with Gasteiger partial charge in [0.05, 0.1) is 12.0 Å². The Kier molecular flexibility index (Phi) is 3.98. The van der Waals surface area contributed by atoms with Gasteiger partial charge in [-0.1, -0.05) is 36.4 Å². The lowest BCUT2D eigenvalue weighted by Gasteiger charge is -2.08. The minimum Gasteiger partial charge on any atom is -0.462 e. The molecule has 2 aromatic carbocycles. The number of carbonyl (C=O) groups is 1. The van der Waals surface area contributed by atoms with Crippen molar-refractivity contribution in [3.8, 4) is 11.1 Å². The zero-order chi connectivity index (χ0) is 16.4. The van der Waals surface area contributed by atoms with E-state index < -0.39 is 5.97 Å². The van der Waals surface area contributed by atoms with Crippen molar-refractivity contribution in [2.24, 2.45) is 0 Å². The fourth-order valence-electron chi connectivity index (χ4n) is 2.55. The molecule has 0 saturated carbocycles. The first-order valence-electron chi connectivity index (χ1n) is 7.42. The molecule has 3 aromatic rings. The van der Waals surface area contributed by atoms with Gasteiger partial charge in [-0.3, -0.25) is 4.79 Å². The van der Waals surface area contributed by atoms with Crippen LogP contribution in [0.1, 0.15) is 23.0 Å². The van der Waals surface area contributed by atoms with E-state index in [1.165, 1.54) is 0 Å². The van der Waals surface area contributed by atoms with E-state index in [2.05, 4.69) is 0 Å². The van der Waals surface area contributed by atoms with Crippen LogP contribution in [0.25, 0.3) is 22.1 Å². The molecule has 1 heterocycles. The summed E-state index contributed by atoms with van der Waals surface area (Å²) in [6.07, 6.45) is 0. The first-order chi connectivity index (χ1) is 11.1. The minimum atomic E-state index is -0.646. The maximum Gasteiger partial charge on any atom is 0.345 e. The van der Waals surface area contributed by atoms with E-state index in [0.29, 0.717) is 11.0 Å². The van der Waals surface area contributed by atoms with E-state index >= 15 is 0 Å². The van der Waals surface area contributed by atoms with Crippen LogP contribution in [0.2, 0.25) is 0 Å². The molecule has 3 rings (SSSR count). The van der Waals surface area contributed by atoms with Gasteiger partial charge in [-0.05, 0) is 37.1 Å². The second-order valence-corrected chi connectivity index (χ2v) is 5.16. The van der Waals surface area contributed by atoms with Crippen molar-refractivity contribution >= 4 is 16.9 Å². The van der Waals surface area contributed by atoms with Gasteiger partial charge in [0.1, 0.15) is 16.9 Å². The van der Waals surface area contributed by atoms with Gasteiger partial charge >= 0.3 is 5.97 Å². The van der Waals surface area contributed by atoms with Crippen molar-refractivity contribution in [2.75, 3.05) is 6.61 Å². The molecular weight excluding hydrogens is 292 g/mol. The van der Waals surface area contributed by atoms with Crippen LogP contribution in [0.3, 0.4) is 0 Å². The molecule has 0 spiro atoms. The monoisotopic (exact) mass is 308 g/mol. The molecule has 116 valence electrons. The number of carbonyl (C=O) groups excluding carboxylic acids is 1. The maximum absolute atomic E-state index is 12.6. The van der Waals surface area contributed by atoms with Gasteiger partial charge < -0.3 is 9.15 Å². The second-order valence-electron chi connectivity index (χ2n) is 5.16. The smallest absolute Gasteiger partial charge is 0.345 e. The number of rotatable bonds is 3. The lowest BCUT2D eigenvalue weighted by Crippen LogP contribution is -2.19. The summed E-state index contributed by atoms with van der Waals surface area (Å²) in [5.74, 6) is -0.376. The van der Waals surface area contributed by atoms with Crippen LogP contribution in [0.4, 0.5) is 0 Å². The normalized spacial score (nSPS) is 10.7. The van der Waals surface area contributed by atoms with E-state index in [1.54, 1.807) is 19.9 Å². The summed E-state index contributed by atoms with van der Waals surface area (Å²) < 4.78 is 10.6. The first kappa shape index (κ1) is 15.0. The summed E-state index contributed by atoms with van der Waals surface area (Å²) >= 11 is 0. The number of hydrogen-bond donors (Lipinski definition) is 0. The topological polar surface area (TPSA) is 56.5 Å². The van der Waals surface area contributed by atoms with Crippen molar-refractivity contribution < 1.29 is 13.9 Å². The third-order valence-electron chi connectivity index (χ3n) is 3.66. The third kappa shape index (κ3) is 2.75. The van der Waals surface area contributed by atoms with Gasteiger partial charge in [0.25, 0.3) is 0 Å². The number of hydrogen-bond acceptors (Lipinski definition) is 4. The van der Waals surface area contributed by atoms with E-state index in [-0.39, 0.29) is 23.4 Å². The molecule has 0 unspecified atom stereocenters. The van der Waals surface area contributed by atoms with Gasteiger partial charge in [-0.25, -0.2) is 4.79 Å². The van der Waals surface area contributed by atoms with Gasteiger partial charge in [0.2, 0.25) is 5.43 Å². The molecule has 4 heteroatoms. The highest BCUT2D eigenvalue weighted by Gasteiger charge is 2.19. The molecule has 0 N–H and O–H groups in total. The highest BCUT2D eigenvalue weighted by molar-refractivity contribution is 5.94. The van der Waals surface area contributed by atoms with E-state index in [9.17, 15) is 9.59 Å². The van der Waals surface area contributed by atoms with E-state index in [0.717, 1.165) is 11.1 Å². The van der Waals surface area contributed by atoms with Crippen molar-refractivity contribution in [3.05, 3.63) is 70.1 Å². The van der Waals surface area contributed by atoms with Crippen LogP contribution in [0, 0.1) is 6.92 Å². The lowest BCUT2D eigenvalue weighted by molar-refractivity contribution is 0.0521. The fourth-order valence-corrected chi connectivity index (χ4v) is 2.55. The summed E-state index contributed by atoms with van der Waals surface area (Å²) in [4.78, 5) is 24.5. The Hall–Kier alpha value is -2.88. The molecule has 0 aliphatic rings. The van der Waals surface area contributed by atoms with Crippen molar-refractivity contribution in [3.63, 3.8) is 0 Å². The van der Waals surface area contributed by atoms with Crippen LogP contribution < -0.4 is 5.43 Å². The summed E-state index contributed by atoms with van der Waals surface area (Å²) in [7, 11) is 0. The summed E-state index contributed by atoms with van der Waals surface area (Å²) in [6, 6.07) is 15.2. The number of benzene rings is 2. The Morgan fingerprint density at radius 3 is 2.52 bits per heavy atom. The SMILES string of the molecule is CCOC(=O)c1c(C)oc2cc(-c3ccccc3)ccc2c1=O. The predicted octanol–water partition coefficient (Wildman–Crippen LogP) is 3.95. The summed E-state index contributed by atoms with van der Waals surface area (Å²) in [5.41, 5.74) is 2.05. The Morgan fingerprint density at radius 2 is 1.83 bits per heavy atom. The minimum absolute atomic E-state index is 0.0354. The predicted molar refractivity (Wildman–Crippen MR) is 88.6 cm³/mol. The summed E-state index contributed by atoms with van der Waals surface area (Å²) in [5, 5.41) is 0.373. The largest absolute Gasteiger partial charge is 0.462 e. The average Bonchev–Trinajstić information content (AvgIpc) is 2.55. The average molecular weight is 308 g/mol. The van der Waals surface area contributed by atoms with Crippen molar-refractivity contribution in [2.45, 2.75) is 13.8 Å². The molecule has 0 aliphatic heterocycles. The molecule has 1 aromatic heterocycles. The molecule has 0 radical (unpaired) electrons. The van der Waals surface area contributed by atoms with Gasteiger partial charge in [0.15, 0.2) is 0 Å². The molecule has 23 heavy (non-hydrogen) atoms. The quantitative estimate of drug-likeness (QED) is 0.688. The molecule has 0 fully saturated rings.